The quantitative estimate of drug-likeness (QED) is 0.602. The molecule has 2 fully saturated rings. The molecular formula is C14H19N5O4. The molecule has 2 saturated heterocycles. The summed E-state index contributed by atoms with van der Waals surface area (Å²) in [7, 11) is 1.50. The molecule has 3 rings (SSSR count). The fourth-order valence-electron chi connectivity index (χ4n) is 3.07. The van der Waals surface area contributed by atoms with Crippen molar-refractivity contribution >= 4 is 29.3 Å². The molecule has 9 nitrogen and oxygen atoms in total. The van der Waals surface area contributed by atoms with Gasteiger partial charge in [0.05, 0.1) is 12.5 Å². The monoisotopic (exact) mass is 321 g/mol. The number of hydrogen-bond acceptors (Lipinski definition) is 6. The van der Waals surface area contributed by atoms with Crippen molar-refractivity contribution in [2.24, 2.45) is 5.10 Å². The van der Waals surface area contributed by atoms with Crippen molar-refractivity contribution in [3.63, 3.8) is 0 Å². The van der Waals surface area contributed by atoms with Gasteiger partial charge in [0.25, 0.3) is 5.91 Å². The Morgan fingerprint density at radius 2 is 1.83 bits per heavy atom. The van der Waals surface area contributed by atoms with Gasteiger partial charge in [0.15, 0.2) is 0 Å². The Morgan fingerprint density at radius 3 is 2.35 bits per heavy atom. The maximum atomic E-state index is 12.4. The first-order chi connectivity index (χ1) is 11.0. The molecule has 0 radical (unpaired) electrons. The van der Waals surface area contributed by atoms with Crippen LogP contribution in [0.5, 0.6) is 0 Å². The molecule has 0 aromatic carbocycles. The van der Waals surface area contributed by atoms with Crippen LogP contribution < -0.4 is 5.43 Å². The Labute approximate surface area is 133 Å². The fraction of sp³-hybridized carbons (Fsp3) is 0.643. The van der Waals surface area contributed by atoms with E-state index in [1.165, 1.54) is 11.9 Å². The average molecular weight is 321 g/mol. The van der Waals surface area contributed by atoms with E-state index in [1.54, 1.807) is 4.90 Å². The second kappa shape index (κ2) is 6.07. The van der Waals surface area contributed by atoms with Crippen LogP contribution in [0.15, 0.2) is 5.10 Å². The van der Waals surface area contributed by atoms with Gasteiger partial charge in [-0.1, -0.05) is 0 Å². The van der Waals surface area contributed by atoms with E-state index in [9.17, 15) is 19.2 Å². The number of carbonyl (C=O) groups is 4. The third kappa shape index (κ3) is 2.96. The Balaban J connectivity index is 1.56. The first kappa shape index (κ1) is 15.6. The van der Waals surface area contributed by atoms with Gasteiger partial charge in [-0.15, -0.1) is 0 Å². The number of imide groups is 1. The molecule has 1 atom stereocenters. The maximum absolute atomic E-state index is 12.4. The third-order valence-electron chi connectivity index (χ3n) is 4.55. The molecule has 9 heteroatoms. The molecular weight excluding hydrogens is 302 g/mol. The third-order valence-corrected chi connectivity index (χ3v) is 4.55. The lowest BCUT2D eigenvalue weighted by atomic mass is 10.1. The first-order valence-electron chi connectivity index (χ1n) is 7.66. The molecule has 0 saturated carbocycles. The normalized spacial score (nSPS) is 26.4. The summed E-state index contributed by atoms with van der Waals surface area (Å²) in [5.41, 5.74) is 2.69. The summed E-state index contributed by atoms with van der Waals surface area (Å²) in [5, 5.41) is 3.82. The molecule has 0 bridgehead atoms. The minimum Gasteiger partial charge on any atom is -0.335 e. The molecule has 1 unspecified atom stereocenters. The van der Waals surface area contributed by atoms with Crippen molar-refractivity contribution in [1.82, 2.24) is 20.1 Å². The highest BCUT2D eigenvalue weighted by Gasteiger charge is 2.41. The van der Waals surface area contributed by atoms with Gasteiger partial charge in [0.2, 0.25) is 17.7 Å². The zero-order chi connectivity index (χ0) is 16.6. The number of nitrogens with one attached hydrogen (secondary N) is 1. The zero-order valence-electron chi connectivity index (χ0n) is 12.9. The molecule has 124 valence electrons. The van der Waals surface area contributed by atoms with Gasteiger partial charge < -0.3 is 4.90 Å². The Kier molecular flexibility index (Phi) is 4.12. The van der Waals surface area contributed by atoms with Crippen molar-refractivity contribution in [1.29, 1.82) is 0 Å². The van der Waals surface area contributed by atoms with Crippen LogP contribution in [0.2, 0.25) is 0 Å². The Hall–Kier alpha value is -2.29. The van der Waals surface area contributed by atoms with Gasteiger partial charge in [-0.05, 0) is 0 Å². The van der Waals surface area contributed by atoms with E-state index in [1.807, 2.05) is 4.90 Å². The van der Waals surface area contributed by atoms with Crippen molar-refractivity contribution in [3.8, 4) is 0 Å². The smallest absolute Gasteiger partial charge is 0.270 e. The lowest BCUT2D eigenvalue weighted by Crippen LogP contribution is -2.55. The highest BCUT2D eigenvalue weighted by molar-refractivity contribution is 6.39. The van der Waals surface area contributed by atoms with Crippen LogP contribution in [0.1, 0.15) is 19.3 Å². The van der Waals surface area contributed by atoms with Crippen LogP contribution >= 0.6 is 0 Å². The molecule has 1 N–H and O–H groups in total. The Bertz CT molecular complexity index is 594. The van der Waals surface area contributed by atoms with E-state index < -0.39 is 6.04 Å². The van der Waals surface area contributed by atoms with Crippen LogP contribution in [0, 0.1) is 0 Å². The van der Waals surface area contributed by atoms with Crippen LogP contribution in [-0.4, -0.2) is 83.3 Å². The summed E-state index contributed by atoms with van der Waals surface area (Å²) in [6.07, 6.45) is 0.836. The van der Waals surface area contributed by atoms with Gasteiger partial charge in [0, 0.05) is 46.1 Å². The molecule has 0 aromatic rings. The molecule has 23 heavy (non-hydrogen) atoms. The second-order valence-corrected chi connectivity index (χ2v) is 5.93. The van der Waals surface area contributed by atoms with Crippen molar-refractivity contribution < 1.29 is 19.2 Å². The lowest BCUT2D eigenvalue weighted by molar-refractivity contribution is -0.138. The van der Waals surface area contributed by atoms with Crippen molar-refractivity contribution in [2.45, 2.75) is 25.3 Å². The average Bonchev–Trinajstić information content (AvgIpc) is 2.83. The van der Waals surface area contributed by atoms with E-state index >= 15 is 0 Å². The molecule has 3 heterocycles. The van der Waals surface area contributed by atoms with Crippen LogP contribution in [0.3, 0.4) is 0 Å². The van der Waals surface area contributed by atoms with E-state index in [0.717, 1.165) is 0 Å². The van der Waals surface area contributed by atoms with E-state index in [2.05, 4.69) is 10.5 Å². The van der Waals surface area contributed by atoms with Crippen molar-refractivity contribution in [3.05, 3.63) is 0 Å². The summed E-state index contributed by atoms with van der Waals surface area (Å²) in [6.45, 7) is 2.05. The molecule has 3 aliphatic rings. The minimum atomic E-state index is -0.406. The summed E-state index contributed by atoms with van der Waals surface area (Å²) < 4.78 is 0. The number of hydrogen-bond donors (Lipinski definition) is 1. The number of likely N-dealkylation sites (tertiary alicyclic amines) is 1. The van der Waals surface area contributed by atoms with Crippen molar-refractivity contribution in [2.75, 3.05) is 33.2 Å². The number of nitrogens with zero attached hydrogens (tertiary/aromatic N) is 4. The summed E-state index contributed by atoms with van der Waals surface area (Å²) in [6, 6.07) is -0.406. The highest BCUT2D eigenvalue weighted by atomic mass is 16.2. The van der Waals surface area contributed by atoms with Crippen LogP contribution in [0.25, 0.3) is 0 Å². The summed E-state index contributed by atoms with van der Waals surface area (Å²) in [5.74, 6) is -0.685. The van der Waals surface area contributed by atoms with E-state index in [4.69, 9.17) is 0 Å². The predicted molar refractivity (Wildman–Crippen MR) is 79.1 cm³/mol. The first-order valence-corrected chi connectivity index (χ1v) is 7.66. The molecule has 4 amide bonds. The van der Waals surface area contributed by atoms with Crippen LogP contribution in [-0.2, 0) is 19.2 Å². The molecule has 0 aromatic heterocycles. The van der Waals surface area contributed by atoms with E-state index in [-0.39, 0.29) is 36.5 Å². The molecule has 3 aliphatic heterocycles. The second-order valence-electron chi connectivity index (χ2n) is 5.93. The zero-order valence-corrected chi connectivity index (χ0v) is 12.9. The van der Waals surface area contributed by atoms with Gasteiger partial charge >= 0.3 is 0 Å². The number of amides is 4. The molecule has 0 spiro atoms. The number of likely N-dealkylation sites (N-methyl/N-ethyl adjacent to an activating group) is 1. The van der Waals surface area contributed by atoms with Gasteiger partial charge in [-0.25, -0.2) is 5.43 Å². The summed E-state index contributed by atoms with van der Waals surface area (Å²) in [4.78, 5) is 51.9. The number of hydrazone groups is 1. The van der Waals surface area contributed by atoms with Crippen LogP contribution in [0.4, 0.5) is 0 Å². The maximum Gasteiger partial charge on any atom is 0.270 e. The Morgan fingerprint density at radius 1 is 1.13 bits per heavy atom. The van der Waals surface area contributed by atoms with E-state index in [0.29, 0.717) is 38.3 Å². The van der Waals surface area contributed by atoms with Gasteiger partial charge in [-0.3, -0.25) is 29.0 Å². The fourth-order valence-corrected chi connectivity index (χ4v) is 3.07. The number of piperazine rings is 1. The number of rotatable bonds is 2. The highest BCUT2D eigenvalue weighted by Crippen LogP contribution is 2.19. The van der Waals surface area contributed by atoms with Gasteiger partial charge in [-0.2, -0.15) is 5.10 Å². The van der Waals surface area contributed by atoms with Gasteiger partial charge in [0.1, 0.15) is 5.71 Å². The number of carbonyl (C=O) groups excluding carboxylic acids is 4. The standard InChI is InChI=1S/C14H19N5O4/c1-17-12(21)8-10(14(17)23)18-4-6-19(7-5-18)13(22)9-2-3-11(20)16-15-9/h10H,2-8H2,1H3,(H,16,20). The topological polar surface area (TPSA) is 102 Å². The predicted octanol–water partition coefficient (Wildman–Crippen LogP) is -1.85. The lowest BCUT2D eigenvalue weighted by Gasteiger charge is -2.37. The SMILES string of the molecule is CN1C(=O)CC(N2CCN(C(=O)C3=NNC(=O)CC3)CC2)C1=O. The minimum absolute atomic E-state index is 0.161. The largest absolute Gasteiger partial charge is 0.335 e. The molecule has 0 aliphatic carbocycles. The summed E-state index contributed by atoms with van der Waals surface area (Å²) >= 11 is 0.